The highest BCUT2D eigenvalue weighted by atomic mass is 15.3. The van der Waals surface area contributed by atoms with E-state index in [-0.39, 0.29) is 0 Å². The molecule has 10 rings (SSSR count). The maximum Gasteiger partial charge on any atom is 0.101 e. The Morgan fingerprint density at radius 2 is 0.824 bits per heavy atom. The van der Waals surface area contributed by atoms with Gasteiger partial charge in [-0.2, -0.15) is 5.10 Å². The first-order valence-corrected chi connectivity index (χ1v) is 17.5. The van der Waals surface area contributed by atoms with E-state index in [1.165, 1.54) is 65.7 Å². The Morgan fingerprint density at radius 1 is 0.353 bits per heavy atom. The molecule has 0 saturated carbocycles. The summed E-state index contributed by atoms with van der Waals surface area (Å²) >= 11 is 0. The number of para-hydroxylation sites is 1. The fourth-order valence-electron chi connectivity index (χ4n) is 7.95. The summed E-state index contributed by atoms with van der Waals surface area (Å²) in [6.07, 6.45) is 0. The second kappa shape index (κ2) is 12.0. The number of hydrogen-bond donors (Lipinski definition) is 0. The molecule has 0 unspecified atom stereocenters. The van der Waals surface area contributed by atoms with E-state index < -0.39 is 0 Å². The summed E-state index contributed by atoms with van der Waals surface area (Å²) in [6, 6.07) is 69.8. The second-order valence-electron chi connectivity index (χ2n) is 13.1. The van der Waals surface area contributed by atoms with Crippen LogP contribution >= 0.6 is 0 Å². The van der Waals surface area contributed by atoms with Gasteiger partial charge in [-0.1, -0.05) is 170 Å². The number of benzene rings is 9. The van der Waals surface area contributed by atoms with Crippen molar-refractivity contribution >= 4 is 43.2 Å². The maximum absolute atomic E-state index is 5.43. The second-order valence-corrected chi connectivity index (χ2v) is 13.1. The summed E-state index contributed by atoms with van der Waals surface area (Å²) in [5.74, 6) is 0. The van der Waals surface area contributed by atoms with E-state index in [1.807, 2.05) is 0 Å². The molecule has 10 aromatic rings. The van der Waals surface area contributed by atoms with Gasteiger partial charge in [0.1, 0.15) is 5.69 Å². The lowest BCUT2D eigenvalue weighted by molar-refractivity contribution is 0.918. The Kier molecular flexibility index (Phi) is 6.85. The van der Waals surface area contributed by atoms with Crippen LogP contribution in [0.1, 0.15) is 0 Å². The smallest absolute Gasteiger partial charge is 0.101 e. The summed E-state index contributed by atoms with van der Waals surface area (Å²) in [5.41, 5.74) is 11.5. The Labute approximate surface area is 296 Å². The lowest BCUT2D eigenvalue weighted by atomic mass is 9.85. The van der Waals surface area contributed by atoms with Crippen LogP contribution < -0.4 is 0 Å². The van der Waals surface area contributed by atoms with E-state index in [4.69, 9.17) is 5.10 Å². The van der Waals surface area contributed by atoms with Crippen LogP contribution in [0.25, 0.3) is 93.5 Å². The normalized spacial score (nSPS) is 11.5. The lowest BCUT2D eigenvalue weighted by Gasteiger charge is -2.18. The molecule has 1 aromatic heterocycles. The molecule has 0 N–H and O–H groups in total. The van der Waals surface area contributed by atoms with Crippen LogP contribution in [0.4, 0.5) is 0 Å². The zero-order chi connectivity index (χ0) is 33.7. The monoisotopic (exact) mass is 648 g/mol. The highest BCUT2D eigenvalue weighted by Crippen LogP contribution is 2.46. The molecule has 0 saturated heterocycles. The van der Waals surface area contributed by atoms with Crippen LogP contribution in [-0.4, -0.2) is 9.78 Å². The Balaban J connectivity index is 1.35. The highest BCUT2D eigenvalue weighted by Gasteiger charge is 2.22. The molecule has 238 valence electrons. The molecule has 0 spiro atoms. The standard InChI is InChI=1S/C49H32N2/c1-5-17-33(18-6-1)43-31-36-29-30-37(32-44(36)49-47(43)48(35-21-9-3-10-22-35)50-51(49)38-23-11-4-12-24-38)46-41-27-15-13-25-39(41)45(34-19-7-2-8-20-34)40-26-14-16-28-42(40)46/h1-32H. The third-order valence-corrected chi connectivity index (χ3v) is 10.2. The Bertz CT molecular complexity index is 2820. The number of aromatic nitrogens is 2. The van der Waals surface area contributed by atoms with Crippen molar-refractivity contribution < 1.29 is 0 Å². The minimum absolute atomic E-state index is 0.976. The number of fused-ring (bicyclic) bond motifs is 5. The van der Waals surface area contributed by atoms with Gasteiger partial charge in [0, 0.05) is 16.3 Å². The van der Waals surface area contributed by atoms with Crippen molar-refractivity contribution in [3.05, 3.63) is 194 Å². The zero-order valence-corrected chi connectivity index (χ0v) is 27.9. The van der Waals surface area contributed by atoms with Gasteiger partial charge < -0.3 is 0 Å². The van der Waals surface area contributed by atoms with Gasteiger partial charge in [-0.3, -0.25) is 0 Å². The average molecular weight is 649 g/mol. The van der Waals surface area contributed by atoms with E-state index in [1.54, 1.807) is 0 Å². The molecular formula is C49H32N2. The van der Waals surface area contributed by atoms with E-state index in [9.17, 15) is 0 Å². The molecule has 0 atom stereocenters. The average Bonchev–Trinajstić information content (AvgIpc) is 3.62. The first kappa shape index (κ1) is 29.2. The van der Waals surface area contributed by atoms with Crippen molar-refractivity contribution in [1.29, 1.82) is 0 Å². The lowest BCUT2D eigenvalue weighted by Crippen LogP contribution is -1.97. The third kappa shape index (κ3) is 4.76. The SMILES string of the molecule is c1ccc(-c2c3ccccc3c(-c3ccc4cc(-c5ccccc5)c5c(-c6ccccc6)nn(-c6ccccc6)c5c4c3)c3ccccc23)cc1. The number of hydrogen-bond acceptors (Lipinski definition) is 1. The molecule has 1 heterocycles. The van der Waals surface area contributed by atoms with Crippen LogP contribution in [0.3, 0.4) is 0 Å². The van der Waals surface area contributed by atoms with Gasteiger partial charge in [0.05, 0.1) is 11.2 Å². The van der Waals surface area contributed by atoms with Gasteiger partial charge >= 0.3 is 0 Å². The topological polar surface area (TPSA) is 17.8 Å². The molecular weight excluding hydrogens is 617 g/mol. The van der Waals surface area contributed by atoms with Gasteiger partial charge in [-0.05, 0) is 84.6 Å². The fourth-order valence-corrected chi connectivity index (χ4v) is 7.95. The molecule has 2 nitrogen and oxygen atoms in total. The summed E-state index contributed by atoms with van der Waals surface area (Å²) in [4.78, 5) is 0. The predicted octanol–water partition coefficient (Wildman–Crippen LogP) is 13.2. The quantitative estimate of drug-likeness (QED) is 0.170. The van der Waals surface area contributed by atoms with Crippen LogP contribution in [0.2, 0.25) is 0 Å². The molecule has 0 amide bonds. The van der Waals surface area contributed by atoms with E-state index >= 15 is 0 Å². The van der Waals surface area contributed by atoms with Gasteiger partial charge in [-0.25, -0.2) is 4.68 Å². The Hall–Kier alpha value is -6.77. The number of nitrogens with zero attached hydrogens (tertiary/aromatic N) is 2. The molecule has 0 aliphatic carbocycles. The van der Waals surface area contributed by atoms with Crippen LogP contribution in [-0.2, 0) is 0 Å². The molecule has 51 heavy (non-hydrogen) atoms. The van der Waals surface area contributed by atoms with E-state index in [0.717, 1.165) is 27.8 Å². The molecule has 0 aliphatic rings. The minimum Gasteiger partial charge on any atom is -0.232 e. The summed E-state index contributed by atoms with van der Waals surface area (Å²) in [6.45, 7) is 0. The highest BCUT2D eigenvalue weighted by molar-refractivity contribution is 6.23. The Morgan fingerprint density at radius 3 is 1.39 bits per heavy atom. The van der Waals surface area contributed by atoms with Crippen molar-refractivity contribution in [1.82, 2.24) is 9.78 Å². The fraction of sp³-hybridized carbons (Fsp3) is 0. The molecule has 9 aromatic carbocycles. The van der Waals surface area contributed by atoms with Crippen molar-refractivity contribution in [3.63, 3.8) is 0 Å². The predicted molar refractivity (Wildman–Crippen MR) is 215 cm³/mol. The molecule has 2 heteroatoms. The van der Waals surface area contributed by atoms with Crippen LogP contribution in [0.5, 0.6) is 0 Å². The van der Waals surface area contributed by atoms with Crippen LogP contribution in [0.15, 0.2) is 194 Å². The van der Waals surface area contributed by atoms with Gasteiger partial charge in [0.25, 0.3) is 0 Å². The van der Waals surface area contributed by atoms with Gasteiger partial charge in [0.15, 0.2) is 0 Å². The largest absolute Gasteiger partial charge is 0.232 e. The van der Waals surface area contributed by atoms with Gasteiger partial charge in [-0.15, -0.1) is 0 Å². The van der Waals surface area contributed by atoms with Crippen molar-refractivity contribution in [2.45, 2.75) is 0 Å². The summed E-state index contributed by atoms with van der Waals surface area (Å²) in [5, 5.41) is 13.9. The van der Waals surface area contributed by atoms with E-state index in [0.29, 0.717) is 0 Å². The van der Waals surface area contributed by atoms with Crippen molar-refractivity contribution in [2.24, 2.45) is 0 Å². The third-order valence-electron chi connectivity index (χ3n) is 10.2. The molecule has 0 fully saturated rings. The number of rotatable bonds is 5. The summed E-state index contributed by atoms with van der Waals surface area (Å²) < 4.78 is 2.16. The van der Waals surface area contributed by atoms with Crippen LogP contribution in [0, 0.1) is 0 Å². The zero-order valence-electron chi connectivity index (χ0n) is 27.9. The molecule has 0 aliphatic heterocycles. The van der Waals surface area contributed by atoms with Gasteiger partial charge in [0.2, 0.25) is 0 Å². The molecule has 0 bridgehead atoms. The summed E-state index contributed by atoms with van der Waals surface area (Å²) in [7, 11) is 0. The van der Waals surface area contributed by atoms with Crippen molar-refractivity contribution in [3.8, 4) is 50.3 Å². The van der Waals surface area contributed by atoms with E-state index in [2.05, 4.69) is 199 Å². The maximum atomic E-state index is 5.43. The first-order chi connectivity index (χ1) is 25.3. The molecule has 0 radical (unpaired) electrons. The van der Waals surface area contributed by atoms with Crippen molar-refractivity contribution in [2.75, 3.05) is 0 Å². The minimum atomic E-state index is 0.976. The first-order valence-electron chi connectivity index (χ1n) is 17.5.